The molecular formula is C4Cl5. The molecular weight excluding hydrogens is 225 g/mol. The Morgan fingerprint density at radius 1 is 1.00 bits per heavy atom. The third kappa shape index (κ3) is 3.59. The van der Waals surface area contributed by atoms with Gasteiger partial charge in [-0.1, -0.05) is 58.0 Å². The van der Waals surface area contributed by atoms with Crippen molar-refractivity contribution >= 4 is 58.0 Å². The summed E-state index contributed by atoms with van der Waals surface area (Å²) in [5.41, 5.74) is 2.04. The van der Waals surface area contributed by atoms with E-state index in [9.17, 15) is 0 Å². The number of allylic oxidation sites excluding steroid dienone is 2. The normalized spacial score (nSPS) is 11.4. The molecule has 0 saturated carbocycles. The summed E-state index contributed by atoms with van der Waals surface area (Å²) >= 11 is 26.1. The number of hydrogen-bond acceptors (Lipinski definition) is 0. The van der Waals surface area contributed by atoms with Gasteiger partial charge in [-0.3, -0.25) is 0 Å². The highest BCUT2D eigenvalue weighted by Crippen LogP contribution is 2.27. The lowest BCUT2D eigenvalue weighted by molar-refractivity contribution is 1.84. The van der Waals surface area contributed by atoms with Gasteiger partial charge in [0.25, 0.3) is 0 Å². The molecule has 51 valence electrons. The molecule has 0 fully saturated rings. The van der Waals surface area contributed by atoms with E-state index >= 15 is 0 Å². The van der Waals surface area contributed by atoms with E-state index in [-0.39, 0.29) is 14.6 Å². The fraction of sp³-hybridized carbons (Fsp3) is 0. The number of hydrogen-bond donors (Lipinski definition) is 0. The summed E-state index contributed by atoms with van der Waals surface area (Å²) < 4.78 is -0.130. The van der Waals surface area contributed by atoms with Gasteiger partial charge in [-0.05, 0) is 0 Å². The van der Waals surface area contributed by atoms with Gasteiger partial charge in [0.05, 0.1) is 15.6 Å². The molecule has 0 aliphatic heterocycles. The quantitative estimate of drug-likeness (QED) is 0.592. The molecule has 0 amide bonds. The highest BCUT2D eigenvalue weighted by molar-refractivity contribution is 6.61. The van der Waals surface area contributed by atoms with E-state index in [2.05, 4.69) is 0 Å². The van der Waals surface area contributed by atoms with Crippen LogP contribution in [0.2, 0.25) is 0 Å². The second-order valence-corrected chi connectivity index (χ2v) is 2.88. The highest BCUT2D eigenvalue weighted by Gasteiger charge is 2.02. The van der Waals surface area contributed by atoms with Crippen LogP contribution >= 0.6 is 58.0 Å². The molecule has 9 heavy (non-hydrogen) atoms. The number of rotatable bonds is 1. The van der Waals surface area contributed by atoms with Crippen LogP contribution in [0.15, 0.2) is 14.6 Å². The fourth-order valence-corrected chi connectivity index (χ4v) is 0.695. The molecule has 0 unspecified atom stereocenters. The number of halogens is 5. The zero-order valence-corrected chi connectivity index (χ0v) is 7.67. The van der Waals surface area contributed by atoms with Crippen molar-refractivity contribution in [3.63, 3.8) is 0 Å². The van der Waals surface area contributed by atoms with Gasteiger partial charge < -0.3 is 0 Å². The SMILES string of the molecule is Cl/[C]=C(/Cl)C(Cl)=C(Cl)Cl. The Labute approximate surface area is 78.0 Å². The van der Waals surface area contributed by atoms with Crippen LogP contribution in [0.4, 0.5) is 0 Å². The molecule has 0 aromatic heterocycles. The lowest BCUT2D eigenvalue weighted by Gasteiger charge is -1.90. The predicted molar refractivity (Wildman–Crippen MR) is 43.0 cm³/mol. The first kappa shape index (κ1) is 9.93. The van der Waals surface area contributed by atoms with E-state index < -0.39 is 0 Å². The second kappa shape index (κ2) is 4.70. The monoisotopic (exact) mass is 223 g/mol. The molecule has 0 nitrogen and oxygen atoms in total. The van der Waals surface area contributed by atoms with Gasteiger partial charge in [-0.15, -0.1) is 0 Å². The van der Waals surface area contributed by atoms with E-state index in [1.807, 2.05) is 5.54 Å². The molecule has 0 aliphatic carbocycles. The Balaban J connectivity index is 4.40. The van der Waals surface area contributed by atoms with Gasteiger partial charge in [0.2, 0.25) is 0 Å². The lowest BCUT2D eigenvalue weighted by Crippen LogP contribution is -1.70. The summed E-state index contributed by atoms with van der Waals surface area (Å²) in [6.45, 7) is 0. The molecule has 0 aromatic carbocycles. The van der Waals surface area contributed by atoms with Crippen LogP contribution < -0.4 is 0 Å². The third-order valence-corrected chi connectivity index (χ3v) is 2.06. The Bertz CT molecular complexity index is 152. The Morgan fingerprint density at radius 2 is 1.44 bits per heavy atom. The van der Waals surface area contributed by atoms with Crippen LogP contribution in [0, 0.1) is 5.54 Å². The smallest absolute Gasteiger partial charge is 0.0810 e. The van der Waals surface area contributed by atoms with E-state index in [1.54, 1.807) is 0 Å². The first-order valence-corrected chi connectivity index (χ1v) is 3.58. The minimum absolute atomic E-state index is 0.00154. The third-order valence-electron chi connectivity index (χ3n) is 0.442. The van der Waals surface area contributed by atoms with Crippen LogP contribution in [0.1, 0.15) is 0 Å². The first-order valence-electron chi connectivity index (χ1n) is 1.69. The van der Waals surface area contributed by atoms with Crippen LogP contribution in [0.5, 0.6) is 0 Å². The van der Waals surface area contributed by atoms with Crippen molar-refractivity contribution in [1.82, 2.24) is 0 Å². The summed E-state index contributed by atoms with van der Waals surface area (Å²) in [5.74, 6) is 0. The average molecular weight is 225 g/mol. The molecule has 0 rings (SSSR count). The first-order chi connectivity index (χ1) is 4.09. The molecule has 0 aliphatic rings. The maximum atomic E-state index is 5.37. The lowest BCUT2D eigenvalue weighted by atomic mass is 10.6. The van der Waals surface area contributed by atoms with Crippen molar-refractivity contribution in [1.29, 1.82) is 0 Å². The summed E-state index contributed by atoms with van der Waals surface area (Å²) in [4.78, 5) is 0. The Morgan fingerprint density at radius 3 is 1.56 bits per heavy atom. The molecule has 0 spiro atoms. The van der Waals surface area contributed by atoms with Gasteiger partial charge >= 0.3 is 0 Å². The standard InChI is InChI=1S/C4Cl5/c5-1-2(6)3(7)4(8)9. The van der Waals surface area contributed by atoms with Gasteiger partial charge in [-0.2, -0.15) is 0 Å². The Kier molecular flexibility index (Phi) is 5.19. The summed E-state index contributed by atoms with van der Waals surface area (Å²) in [6, 6.07) is 0. The van der Waals surface area contributed by atoms with Gasteiger partial charge in [0, 0.05) is 0 Å². The second-order valence-electron chi connectivity index (χ2n) is 0.983. The van der Waals surface area contributed by atoms with Crippen molar-refractivity contribution in [2.75, 3.05) is 0 Å². The molecule has 0 heterocycles. The molecule has 0 atom stereocenters. The van der Waals surface area contributed by atoms with E-state index in [0.29, 0.717) is 0 Å². The van der Waals surface area contributed by atoms with E-state index in [4.69, 9.17) is 58.0 Å². The predicted octanol–water partition coefficient (Wildman–Crippen LogP) is 3.99. The van der Waals surface area contributed by atoms with Crippen LogP contribution in [0.3, 0.4) is 0 Å². The zero-order valence-electron chi connectivity index (χ0n) is 3.89. The largest absolute Gasteiger partial charge is 0.126 e. The fourth-order valence-electron chi connectivity index (χ4n) is 0.124. The maximum absolute atomic E-state index is 5.37. The van der Waals surface area contributed by atoms with E-state index in [1.165, 1.54) is 0 Å². The topological polar surface area (TPSA) is 0 Å². The molecule has 0 aromatic rings. The minimum atomic E-state index is -0.130. The molecule has 0 saturated heterocycles. The molecule has 0 bridgehead atoms. The van der Waals surface area contributed by atoms with Crippen LogP contribution in [0.25, 0.3) is 0 Å². The maximum Gasteiger partial charge on any atom is 0.126 e. The molecule has 5 heteroatoms. The zero-order chi connectivity index (χ0) is 7.44. The van der Waals surface area contributed by atoms with Crippen molar-refractivity contribution in [3.05, 3.63) is 20.1 Å². The van der Waals surface area contributed by atoms with Gasteiger partial charge in [0.1, 0.15) is 4.49 Å². The van der Waals surface area contributed by atoms with Crippen molar-refractivity contribution in [3.8, 4) is 0 Å². The highest BCUT2D eigenvalue weighted by atomic mass is 35.5. The Hall–Kier alpha value is 0.930. The minimum Gasteiger partial charge on any atom is -0.0810 e. The average Bonchev–Trinajstić information content (AvgIpc) is 1.84. The summed E-state index contributed by atoms with van der Waals surface area (Å²) in [6.07, 6.45) is 0. The summed E-state index contributed by atoms with van der Waals surface area (Å²) in [5, 5.41) is -0.00617. The summed E-state index contributed by atoms with van der Waals surface area (Å²) in [7, 11) is 0. The molecule has 0 N–H and O–H groups in total. The van der Waals surface area contributed by atoms with Gasteiger partial charge in [0.15, 0.2) is 0 Å². The molecule has 1 radical (unpaired) electrons. The van der Waals surface area contributed by atoms with Crippen molar-refractivity contribution in [2.24, 2.45) is 0 Å². The van der Waals surface area contributed by atoms with Crippen molar-refractivity contribution in [2.45, 2.75) is 0 Å². The van der Waals surface area contributed by atoms with Crippen LogP contribution in [-0.4, -0.2) is 0 Å². The van der Waals surface area contributed by atoms with Crippen LogP contribution in [-0.2, 0) is 0 Å². The van der Waals surface area contributed by atoms with Crippen molar-refractivity contribution < 1.29 is 0 Å². The van der Waals surface area contributed by atoms with E-state index in [0.717, 1.165) is 0 Å². The van der Waals surface area contributed by atoms with Gasteiger partial charge in [-0.25, -0.2) is 0 Å².